The molecule has 106 valence electrons. The molecule has 2 heterocycles. The van der Waals surface area contributed by atoms with Crippen LogP contribution in [-0.2, 0) is 4.79 Å². The maximum atomic E-state index is 12.8. The Morgan fingerprint density at radius 3 is 2.55 bits per heavy atom. The Morgan fingerprint density at radius 2 is 1.95 bits per heavy atom. The number of amides is 2. The monoisotopic (exact) mass is 278 g/mol. The van der Waals surface area contributed by atoms with E-state index in [0.29, 0.717) is 12.1 Å². The average molecular weight is 278 g/mol. The summed E-state index contributed by atoms with van der Waals surface area (Å²) in [5.74, 6) is -1.67. The van der Waals surface area contributed by atoms with E-state index in [1.54, 1.807) is 4.90 Å². The maximum Gasteiger partial charge on any atom is 0.322 e. The molecule has 3 unspecified atom stereocenters. The highest BCUT2D eigenvalue weighted by Gasteiger charge is 2.51. The molecule has 2 aliphatic heterocycles. The van der Waals surface area contributed by atoms with E-state index in [1.807, 2.05) is 0 Å². The number of anilines is 1. The molecule has 3 rings (SSSR count). The van der Waals surface area contributed by atoms with E-state index in [2.05, 4.69) is 5.32 Å². The van der Waals surface area contributed by atoms with E-state index in [0.717, 1.165) is 12.8 Å². The smallest absolute Gasteiger partial charge is 0.322 e. The number of carboxylic acid groups (broad SMARTS) is 1. The minimum absolute atomic E-state index is 0.00143. The second-order valence-corrected chi connectivity index (χ2v) is 5.32. The summed E-state index contributed by atoms with van der Waals surface area (Å²) in [6, 6.07) is 5.00. The highest BCUT2D eigenvalue weighted by atomic mass is 19.1. The number of carbonyl (C=O) groups is 2. The van der Waals surface area contributed by atoms with Crippen LogP contribution in [0.2, 0.25) is 0 Å². The van der Waals surface area contributed by atoms with Gasteiger partial charge in [-0.3, -0.25) is 4.79 Å². The van der Waals surface area contributed by atoms with Gasteiger partial charge >= 0.3 is 12.0 Å². The minimum Gasteiger partial charge on any atom is -0.481 e. The van der Waals surface area contributed by atoms with Crippen molar-refractivity contribution in [1.29, 1.82) is 0 Å². The third kappa shape index (κ3) is 2.11. The molecule has 3 atom stereocenters. The molecule has 0 saturated carbocycles. The molecule has 2 saturated heterocycles. The Kier molecular flexibility index (Phi) is 3.08. The number of aliphatic carboxylic acids is 1. The Morgan fingerprint density at radius 1 is 1.25 bits per heavy atom. The number of nitrogens with one attached hydrogen (secondary N) is 1. The van der Waals surface area contributed by atoms with Crippen LogP contribution in [0.3, 0.4) is 0 Å². The highest BCUT2D eigenvalue weighted by Crippen LogP contribution is 2.42. The van der Waals surface area contributed by atoms with Crippen molar-refractivity contribution in [3.8, 4) is 0 Å². The lowest BCUT2D eigenvalue weighted by Crippen LogP contribution is -2.40. The zero-order valence-corrected chi connectivity index (χ0v) is 10.8. The number of hydrogen-bond donors (Lipinski definition) is 2. The van der Waals surface area contributed by atoms with Gasteiger partial charge in [0.2, 0.25) is 0 Å². The Hall–Kier alpha value is -2.11. The zero-order valence-electron chi connectivity index (χ0n) is 10.8. The van der Waals surface area contributed by atoms with Crippen molar-refractivity contribution in [3.05, 3.63) is 30.1 Å². The number of hydrogen-bond acceptors (Lipinski definition) is 2. The van der Waals surface area contributed by atoms with E-state index in [-0.39, 0.29) is 23.9 Å². The standard InChI is InChI=1S/C14H15FN2O3/c15-8-1-3-9(4-2-8)16-14(20)17-10-5-6-12(17)11(7-10)13(18)19/h1-4,10-12H,5-7H2,(H,16,20)(H,18,19). The van der Waals surface area contributed by atoms with E-state index in [1.165, 1.54) is 24.3 Å². The number of halogens is 1. The number of fused-ring (bicyclic) bond motifs is 2. The fourth-order valence-corrected chi connectivity index (χ4v) is 3.29. The molecule has 1 aromatic carbocycles. The van der Waals surface area contributed by atoms with Gasteiger partial charge < -0.3 is 15.3 Å². The van der Waals surface area contributed by atoms with Crippen molar-refractivity contribution >= 4 is 17.7 Å². The Balaban J connectivity index is 1.72. The van der Waals surface area contributed by atoms with Gasteiger partial charge in [-0.1, -0.05) is 0 Å². The molecule has 2 N–H and O–H groups in total. The molecule has 1 aromatic rings. The van der Waals surface area contributed by atoms with Crippen LogP contribution in [0.1, 0.15) is 19.3 Å². The fourth-order valence-electron chi connectivity index (χ4n) is 3.29. The van der Waals surface area contributed by atoms with Crippen molar-refractivity contribution < 1.29 is 19.1 Å². The Labute approximate surface area is 115 Å². The van der Waals surface area contributed by atoms with Crippen molar-refractivity contribution in [3.63, 3.8) is 0 Å². The lowest BCUT2D eigenvalue weighted by atomic mass is 9.89. The van der Waals surface area contributed by atoms with E-state index in [4.69, 9.17) is 5.11 Å². The van der Waals surface area contributed by atoms with Crippen LogP contribution in [0.15, 0.2) is 24.3 Å². The first-order valence-corrected chi connectivity index (χ1v) is 6.64. The molecule has 0 spiro atoms. The van der Waals surface area contributed by atoms with Crippen molar-refractivity contribution in [1.82, 2.24) is 4.90 Å². The molecule has 2 amide bonds. The largest absolute Gasteiger partial charge is 0.481 e. The van der Waals surface area contributed by atoms with Crippen LogP contribution in [0.25, 0.3) is 0 Å². The van der Waals surface area contributed by atoms with Gasteiger partial charge in [-0.2, -0.15) is 0 Å². The third-order valence-electron chi connectivity index (χ3n) is 4.18. The molecule has 5 nitrogen and oxygen atoms in total. The number of carbonyl (C=O) groups excluding carboxylic acids is 1. The molecule has 2 fully saturated rings. The van der Waals surface area contributed by atoms with Crippen LogP contribution < -0.4 is 5.32 Å². The van der Waals surface area contributed by atoms with Gasteiger partial charge in [-0.15, -0.1) is 0 Å². The predicted octanol–water partition coefficient (Wildman–Crippen LogP) is 2.30. The summed E-state index contributed by atoms with van der Waals surface area (Å²) in [7, 11) is 0. The van der Waals surface area contributed by atoms with Gasteiger partial charge in [0.1, 0.15) is 5.82 Å². The molecular weight excluding hydrogens is 263 g/mol. The number of carboxylic acids is 1. The first-order valence-electron chi connectivity index (χ1n) is 6.64. The quantitative estimate of drug-likeness (QED) is 0.872. The summed E-state index contributed by atoms with van der Waals surface area (Å²) in [5, 5.41) is 11.9. The molecule has 0 radical (unpaired) electrons. The molecular formula is C14H15FN2O3. The molecule has 20 heavy (non-hydrogen) atoms. The van der Waals surface area contributed by atoms with Crippen LogP contribution in [0.4, 0.5) is 14.9 Å². The summed E-state index contributed by atoms with van der Waals surface area (Å²) >= 11 is 0. The lowest BCUT2D eigenvalue weighted by molar-refractivity contribution is -0.142. The summed E-state index contributed by atoms with van der Waals surface area (Å²) in [5.41, 5.74) is 0.509. The number of benzene rings is 1. The zero-order chi connectivity index (χ0) is 14.3. The molecule has 0 aromatic heterocycles. The van der Waals surface area contributed by atoms with Gasteiger partial charge in [0.15, 0.2) is 0 Å². The second-order valence-electron chi connectivity index (χ2n) is 5.32. The van der Waals surface area contributed by atoms with Crippen LogP contribution >= 0.6 is 0 Å². The van der Waals surface area contributed by atoms with Crippen LogP contribution in [-0.4, -0.2) is 34.1 Å². The van der Waals surface area contributed by atoms with E-state index < -0.39 is 11.9 Å². The molecule has 2 aliphatic rings. The van der Waals surface area contributed by atoms with Gasteiger partial charge in [-0.05, 0) is 43.5 Å². The van der Waals surface area contributed by atoms with Gasteiger partial charge in [0.05, 0.1) is 5.92 Å². The van der Waals surface area contributed by atoms with E-state index >= 15 is 0 Å². The average Bonchev–Trinajstić information content (AvgIpc) is 2.99. The minimum atomic E-state index is -0.836. The summed E-state index contributed by atoms with van der Waals surface area (Å²) in [6.07, 6.45) is 2.11. The summed E-state index contributed by atoms with van der Waals surface area (Å²) < 4.78 is 12.8. The Bertz CT molecular complexity index is 546. The topological polar surface area (TPSA) is 69.6 Å². The first kappa shape index (κ1) is 12.9. The van der Waals surface area contributed by atoms with Gasteiger partial charge in [0.25, 0.3) is 0 Å². The summed E-state index contributed by atoms with van der Waals surface area (Å²) in [4.78, 5) is 25.1. The number of rotatable bonds is 2. The SMILES string of the molecule is O=C(O)C1CC2CCC1N2C(=O)Nc1ccc(F)cc1. The second kappa shape index (κ2) is 4.77. The van der Waals surface area contributed by atoms with Crippen LogP contribution in [0, 0.1) is 11.7 Å². The normalized spacial score (nSPS) is 27.6. The van der Waals surface area contributed by atoms with E-state index in [9.17, 15) is 14.0 Å². The van der Waals surface area contributed by atoms with Crippen molar-refractivity contribution in [2.75, 3.05) is 5.32 Å². The molecule has 2 bridgehead atoms. The van der Waals surface area contributed by atoms with Crippen molar-refractivity contribution in [2.45, 2.75) is 31.3 Å². The maximum absolute atomic E-state index is 12.8. The predicted molar refractivity (Wildman–Crippen MR) is 69.8 cm³/mol. The van der Waals surface area contributed by atoms with Gasteiger partial charge in [-0.25, -0.2) is 9.18 Å². The third-order valence-corrected chi connectivity index (χ3v) is 4.18. The lowest BCUT2D eigenvalue weighted by Gasteiger charge is -2.23. The molecule has 6 heteroatoms. The molecule has 0 aliphatic carbocycles. The van der Waals surface area contributed by atoms with Crippen molar-refractivity contribution in [2.24, 2.45) is 5.92 Å². The first-order chi connectivity index (χ1) is 9.56. The van der Waals surface area contributed by atoms with Crippen LogP contribution in [0.5, 0.6) is 0 Å². The summed E-state index contributed by atoms with van der Waals surface area (Å²) in [6.45, 7) is 0. The number of nitrogens with zero attached hydrogens (tertiary/aromatic N) is 1. The number of urea groups is 1. The highest BCUT2D eigenvalue weighted by molar-refractivity contribution is 5.91. The van der Waals surface area contributed by atoms with Gasteiger partial charge in [0, 0.05) is 17.8 Å². The fraction of sp³-hybridized carbons (Fsp3) is 0.429.